The highest BCUT2D eigenvalue weighted by Crippen LogP contribution is 2.26. The molecule has 0 radical (unpaired) electrons. The molecule has 1 fully saturated rings. The zero-order valence-electron chi connectivity index (χ0n) is 15.6. The number of nitrogens with two attached hydrogens (primary N) is 1. The number of amides is 2. The summed E-state index contributed by atoms with van der Waals surface area (Å²) in [6, 6.07) is 11.1. The molecule has 1 aliphatic rings. The zero-order valence-corrected chi connectivity index (χ0v) is 15.6. The number of aryl methyl sites for hydroxylation is 1. The van der Waals surface area contributed by atoms with E-state index in [1.54, 1.807) is 18.3 Å². The first-order valence-corrected chi connectivity index (χ1v) is 9.34. The maximum absolute atomic E-state index is 12.7. The Morgan fingerprint density at radius 2 is 2.07 bits per heavy atom. The Hall–Kier alpha value is -2.80. The number of rotatable bonds is 5. The molecule has 0 spiro atoms. The van der Waals surface area contributed by atoms with Crippen LogP contribution in [0, 0.1) is 0 Å². The maximum atomic E-state index is 12.7. The quantitative estimate of drug-likeness (QED) is 0.752. The van der Waals surface area contributed by atoms with Crippen molar-refractivity contribution in [3.8, 4) is 5.75 Å². The van der Waals surface area contributed by atoms with Crippen molar-refractivity contribution in [1.29, 1.82) is 0 Å². The van der Waals surface area contributed by atoms with E-state index in [2.05, 4.69) is 10.3 Å². The van der Waals surface area contributed by atoms with Gasteiger partial charge >= 0.3 is 6.03 Å². The van der Waals surface area contributed by atoms with Crippen LogP contribution in [-0.4, -0.2) is 53.2 Å². The van der Waals surface area contributed by atoms with E-state index in [1.807, 2.05) is 41.0 Å². The molecule has 0 aliphatic carbocycles. The third-order valence-electron chi connectivity index (χ3n) is 4.83. The molecular weight excluding hydrogens is 342 g/mol. The normalized spacial score (nSPS) is 17.0. The van der Waals surface area contributed by atoms with Crippen LogP contribution in [0.3, 0.4) is 0 Å². The molecule has 0 saturated carbocycles. The average Bonchev–Trinajstić information content (AvgIpc) is 2.67. The van der Waals surface area contributed by atoms with E-state index in [0.29, 0.717) is 32.0 Å². The number of carbonyl (C=O) groups excluding carboxylic acids is 1. The summed E-state index contributed by atoms with van der Waals surface area (Å²) in [5, 5.41) is 13.0. The molecule has 7 heteroatoms. The van der Waals surface area contributed by atoms with Crippen molar-refractivity contribution < 1.29 is 9.90 Å². The van der Waals surface area contributed by atoms with Gasteiger partial charge in [-0.1, -0.05) is 12.1 Å². The Bertz CT molecular complexity index is 765. The largest absolute Gasteiger partial charge is 0.504 e. The smallest absolute Gasteiger partial charge is 0.322 e. The first kappa shape index (κ1) is 19.0. The monoisotopic (exact) mass is 369 g/mol. The van der Waals surface area contributed by atoms with Gasteiger partial charge in [0, 0.05) is 37.6 Å². The van der Waals surface area contributed by atoms with Crippen LogP contribution in [0.25, 0.3) is 0 Å². The van der Waals surface area contributed by atoms with Gasteiger partial charge in [-0.15, -0.1) is 0 Å². The number of benzene rings is 1. The van der Waals surface area contributed by atoms with Crippen LogP contribution < -0.4 is 16.0 Å². The lowest BCUT2D eigenvalue weighted by Gasteiger charge is -2.40. The number of hydrogen-bond donors (Lipinski definition) is 3. The molecule has 2 heterocycles. The summed E-state index contributed by atoms with van der Waals surface area (Å²) in [6.45, 7) is 4.49. The van der Waals surface area contributed by atoms with Gasteiger partial charge in [-0.2, -0.15) is 0 Å². The fourth-order valence-electron chi connectivity index (χ4n) is 3.34. The molecule has 1 atom stereocenters. The van der Waals surface area contributed by atoms with Gasteiger partial charge in [0.05, 0.1) is 0 Å². The van der Waals surface area contributed by atoms with E-state index >= 15 is 0 Å². The van der Waals surface area contributed by atoms with Gasteiger partial charge in [0.25, 0.3) is 0 Å². The predicted molar refractivity (Wildman–Crippen MR) is 107 cm³/mol. The van der Waals surface area contributed by atoms with Gasteiger partial charge < -0.3 is 26.0 Å². The zero-order chi connectivity index (χ0) is 19.2. The number of aromatic nitrogens is 1. The third kappa shape index (κ3) is 4.68. The number of urea groups is 1. The molecule has 7 nitrogen and oxygen atoms in total. The van der Waals surface area contributed by atoms with Crippen molar-refractivity contribution in [2.45, 2.75) is 25.8 Å². The highest BCUT2D eigenvalue weighted by Gasteiger charge is 2.29. The Balaban J connectivity index is 1.57. The lowest BCUT2D eigenvalue weighted by atomic mass is 10.1. The van der Waals surface area contributed by atoms with Crippen LogP contribution in [0.2, 0.25) is 0 Å². The van der Waals surface area contributed by atoms with E-state index in [0.717, 1.165) is 18.5 Å². The summed E-state index contributed by atoms with van der Waals surface area (Å²) < 4.78 is 0. The first-order chi connectivity index (χ1) is 13.1. The third-order valence-corrected chi connectivity index (χ3v) is 4.83. The second-order valence-corrected chi connectivity index (χ2v) is 6.85. The lowest BCUT2D eigenvalue weighted by Crippen LogP contribution is -2.55. The molecule has 3 rings (SSSR count). The second kappa shape index (κ2) is 8.73. The minimum Gasteiger partial charge on any atom is -0.504 e. The van der Waals surface area contributed by atoms with Crippen molar-refractivity contribution in [2.24, 2.45) is 5.73 Å². The molecule has 1 aromatic carbocycles. The summed E-state index contributed by atoms with van der Waals surface area (Å²) >= 11 is 0. The molecule has 144 valence electrons. The highest BCUT2D eigenvalue weighted by molar-refractivity contribution is 5.89. The SMILES string of the molecule is CC1CN(c2ncccc2O)CCN1C(=O)Nc1ccc(CCCN)cc1. The van der Waals surface area contributed by atoms with Crippen LogP contribution in [0.5, 0.6) is 5.75 Å². The molecule has 0 bridgehead atoms. The number of carbonyl (C=O) groups is 1. The van der Waals surface area contributed by atoms with E-state index in [1.165, 1.54) is 5.56 Å². The minimum atomic E-state index is -0.109. The van der Waals surface area contributed by atoms with Gasteiger partial charge in [-0.25, -0.2) is 9.78 Å². The van der Waals surface area contributed by atoms with E-state index in [4.69, 9.17) is 5.73 Å². The van der Waals surface area contributed by atoms with Crippen LogP contribution in [0.1, 0.15) is 18.9 Å². The van der Waals surface area contributed by atoms with E-state index in [9.17, 15) is 9.90 Å². The van der Waals surface area contributed by atoms with Gasteiger partial charge in [0.2, 0.25) is 0 Å². The Morgan fingerprint density at radius 1 is 1.30 bits per heavy atom. The summed E-state index contributed by atoms with van der Waals surface area (Å²) in [6.07, 6.45) is 3.57. The van der Waals surface area contributed by atoms with Gasteiger partial charge in [0.15, 0.2) is 11.6 Å². The number of pyridine rings is 1. The summed E-state index contributed by atoms with van der Waals surface area (Å²) in [4.78, 5) is 20.7. The number of anilines is 2. The maximum Gasteiger partial charge on any atom is 0.322 e. The Kier molecular flexibility index (Phi) is 6.13. The fraction of sp³-hybridized carbons (Fsp3) is 0.400. The highest BCUT2D eigenvalue weighted by atomic mass is 16.3. The van der Waals surface area contributed by atoms with Crippen LogP contribution in [0.15, 0.2) is 42.6 Å². The number of nitrogens with zero attached hydrogens (tertiary/aromatic N) is 3. The standard InChI is InChI=1S/C20H27N5O2/c1-15-14-24(19-18(26)5-3-11-22-19)12-13-25(15)20(27)23-17-8-6-16(7-9-17)4-2-10-21/h3,5-9,11,15,26H,2,4,10,12-14,21H2,1H3,(H,23,27). The Labute approximate surface area is 159 Å². The van der Waals surface area contributed by atoms with Gasteiger partial charge in [-0.05, 0) is 56.1 Å². The summed E-state index contributed by atoms with van der Waals surface area (Å²) in [7, 11) is 0. The van der Waals surface area contributed by atoms with Crippen LogP contribution in [0.4, 0.5) is 16.3 Å². The van der Waals surface area contributed by atoms with Gasteiger partial charge in [0.1, 0.15) is 0 Å². The van der Waals surface area contributed by atoms with E-state index in [-0.39, 0.29) is 17.8 Å². The number of piperazine rings is 1. The predicted octanol–water partition coefficient (Wildman–Crippen LogP) is 2.42. The molecule has 2 aromatic rings. The molecule has 27 heavy (non-hydrogen) atoms. The summed E-state index contributed by atoms with van der Waals surface area (Å²) in [5.41, 5.74) is 7.54. The number of aromatic hydroxyl groups is 1. The fourth-order valence-corrected chi connectivity index (χ4v) is 3.34. The van der Waals surface area contributed by atoms with Crippen LogP contribution in [-0.2, 0) is 6.42 Å². The summed E-state index contributed by atoms with van der Waals surface area (Å²) in [5.74, 6) is 0.731. The molecule has 4 N–H and O–H groups in total. The van der Waals surface area contributed by atoms with Crippen molar-refractivity contribution in [3.05, 3.63) is 48.2 Å². The molecule has 1 aromatic heterocycles. The minimum absolute atomic E-state index is 0.00369. The lowest BCUT2D eigenvalue weighted by molar-refractivity contribution is 0.184. The van der Waals surface area contributed by atoms with Crippen molar-refractivity contribution in [3.63, 3.8) is 0 Å². The van der Waals surface area contributed by atoms with Gasteiger partial charge in [-0.3, -0.25) is 0 Å². The topological polar surface area (TPSA) is 94.7 Å². The van der Waals surface area contributed by atoms with E-state index < -0.39 is 0 Å². The number of hydrogen-bond acceptors (Lipinski definition) is 5. The number of nitrogens with one attached hydrogen (secondary N) is 1. The van der Waals surface area contributed by atoms with Crippen LogP contribution >= 0.6 is 0 Å². The Morgan fingerprint density at radius 3 is 2.74 bits per heavy atom. The first-order valence-electron chi connectivity index (χ1n) is 9.34. The average molecular weight is 369 g/mol. The molecular formula is C20H27N5O2. The molecule has 2 amide bonds. The van der Waals surface area contributed by atoms with Crippen molar-refractivity contribution in [1.82, 2.24) is 9.88 Å². The second-order valence-electron chi connectivity index (χ2n) is 6.85. The molecule has 1 aliphatic heterocycles. The molecule has 1 saturated heterocycles. The molecule has 1 unspecified atom stereocenters. The van der Waals surface area contributed by atoms with Crippen molar-refractivity contribution in [2.75, 3.05) is 36.4 Å². The van der Waals surface area contributed by atoms with Crippen molar-refractivity contribution >= 4 is 17.5 Å².